The number of phenols is 1. The van der Waals surface area contributed by atoms with Crippen LogP contribution in [0.15, 0.2) is 78.9 Å². The maximum Gasteiger partial charge on any atom is 0.260 e. The zero-order valence-corrected chi connectivity index (χ0v) is 17.2. The Morgan fingerprint density at radius 2 is 1.52 bits per heavy atom. The number of ether oxygens (including phenoxy) is 1. The fourth-order valence-electron chi connectivity index (χ4n) is 3.93. The van der Waals surface area contributed by atoms with Gasteiger partial charge in [-0.2, -0.15) is 0 Å². The normalized spacial score (nSPS) is 14.3. The minimum absolute atomic E-state index is 0.0274. The summed E-state index contributed by atoms with van der Waals surface area (Å²) >= 11 is 0. The van der Waals surface area contributed by atoms with Crippen molar-refractivity contribution in [2.45, 2.75) is 12.8 Å². The van der Waals surface area contributed by atoms with E-state index >= 15 is 0 Å². The van der Waals surface area contributed by atoms with E-state index in [2.05, 4.69) is 0 Å². The van der Waals surface area contributed by atoms with Crippen molar-refractivity contribution in [3.05, 3.63) is 84.4 Å². The van der Waals surface area contributed by atoms with Gasteiger partial charge in [0.1, 0.15) is 11.5 Å². The summed E-state index contributed by atoms with van der Waals surface area (Å²) in [6.45, 7) is 1.05. The number of phenolic OH excluding ortho intramolecular Hbond substituents is 1. The molecule has 0 bridgehead atoms. The molecular weight excluding hydrogens is 390 g/mol. The van der Waals surface area contributed by atoms with Crippen LogP contribution in [0.4, 0.5) is 0 Å². The highest BCUT2D eigenvalue weighted by atomic mass is 16.5. The minimum Gasteiger partial charge on any atom is -0.508 e. The Hall–Kier alpha value is -3.60. The van der Waals surface area contributed by atoms with Gasteiger partial charge < -0.3 is 14.7 Å². The van der Waals surface area contributed by atoms with Crippen molar-refractivity contribution in [2.24, 2.45) is 5.92 Å². The van der Waals surface area contributed by atoms with Gasteiger partial charge >= 0.3 is 0 Å². The number of hydrogen-bond donors (Lipinski definition) is 1. The van der Waals surface area contributed by atoms with Gasteiger partial charge in [-0.25, -0.2) is 0 Å². The molecule has 5 nitrogen and oxygen atoms in total. The van der Waals surface area contributed by atoms with Gasteiger partial charge in [-0.1, -0.05) is 48.5 Å². The molecule has 0 radical (unpaired) electrons. The van der Waals surface area contributed by atoms with Crippen LogP contribution in [0, 0.1) is 5.92 Å². The van der Waals surface area contributed by atoms with E-state index in [0.717, 1.165) is 11.1 Å². The number of rotatable bonds is 6. The molecule has 0 aromatic heterocycles. The largest absolute Gasteiger partial charge is 0.508 e. The molecule has 0 unspecified atom stereocenters. The number of likely N-dealkylation sites (tertiary alicyclic amines) is 1. The Morgan fingerprint density at radius 1 is 0.871 bits per heavy atom. The quantitative estimate of drug-likeness (QED) is 0.600. The average molecular weight is 415 g/mol. The van der Waals surface area contributed by atoms with Crippen molar-refractivity contribution < 1.29 is 19.4 Å². The van der Waals surface area contributed by atoms with Crippen LogP contribution < -0.4 is 4.74 Å². The number of carbonyl (C=O) groups excluding carboxylic acids is 2. The van der Waals surface area contributed by atoms with E-state index in [4.69, 9.17) is 4.74 Å². The van der Waals surface area contributed by atoms with Gasteiger partial charge in [0.15, 0.2) is 12.4 Å². The van der Waals surface area contributed by atoms with Crippen LogP contribution in [0.25, 0.3) is 11.1 Å². The molecule has 0 aliphatic carbocycles. The number of carbonyl (C=O) groups is 2. The van der Waals surface area contributed by atoms with E-state index in [9.17, 15) is 14.7 Å². The van der Waals surface area contributed by atoms with Crippen molar-refractivity contribution in [2.75, 3.05) is 19.7 Å². The molecule has 1 heterocycles. The molecule has 1 fully saturated rings. The summed E-state index contributed by atoms with van der Waals surface area (Å²) in [6.07, 6.45) is 1.26. The fraction of sp³-hybridized carbons (Fsp3) is 0.231. The summed E-state index contributed by atoms with van der Waals surface area (Å²) in [5.41, 5.74) is 2.59. The van der Waals surface area contributed by atoms with Gasteiger partial charge in [0, 0.05) is 30.1 Å². The van der Waals surface area contributed by atoms with Gasteiger partial charge in [0.25, 0.3) is 5.91 Å². The van der Waals surface area contributed by atoms with Crippen LogP contribution in [0.2, 0.25) is 0 Å². The van der Waals surface area contributed by atoms with Crippen molar-refractivity contribution in [1.29, 1.82) is 0 Å². The highest BCUT2D eigenvalue weighted by molar-refractivity contribution is 5.98. The topological polar surface area (TPSA) is 66.8 Å². The second-order valence-corrected chi connectivity index (χ2v) is 7.72. The first-order chi connectivity index (χ1) is 15.1. The lowest BCUT2D eigenvalue weighted by atomic mass is 9.89. The first kappa shape index (κ1) is 20.7. The van der Waals surface area contributed by atoms with Gasteiger partial charge in [-0.15, -0.1) is 0 Å². The summed E-state index contributed by atoms with van der Waals surface area (Å²) in [5, 5.41) is 9.39. The number of piperidine rings is 1. The van der Waals surface area contributed by atoms with E-state index in [-0.39, 0.29) is 30.0 Å². The molecule has 3 aromatic rings. The molecule has 5 heteroatoms. The van der Waals surface area contributed by atoms with Crippen molar-refractivity contribution in [3.8, 4) is 22.6 Å². The molecule has 158 valence electrons. The van der Waals surface area contributed by atoms with Crippen LogP contribution in [-0.4, -0.2) is 41.4 Å². The predicted octanol–water partition coefficient (Wildman–Crippen LogP) is 4.56. The number of Topliss-reactive ketones (excluding diaryl/α,β-unsaturated/α-hetero) is 1. The van der Waals surface area contributed by atoms with Crippen LogP contribution in [-0.2, 0) is 4.79 Å². The van der Waals surface area contributed by atoms with Crippen molar-refractivity contribution in [1.82, 2.24) is 4.90 Å². The number of para-hydroxylation sites is 1. The summed E-state index contributed by atoms with van der Waals surface area (Å²) < 4.78 is 5.88. The number of nitrogens with zero attached hydrogens (tertiary/aromatic N) is 1. The minimum atomic E-state index is -0.103. The van der Waals surface area contributed by atoms with Crippen LogP contribution in [0.5, 0.6) is 11.5 Å². The van der Waals surface area contributed by atoms with Crippen LogP contribution in [0.1, 0.15) is 23.2 Å². The Bertz CT molecular complexity index is 1040. The maximum absolute atomic E-state index is 12.7. The number of aromatic hydroxyl groups is 1. The van der Waals surface area contributed by atoms with Crippen LogP contribution >= 0.6 is 0 Å². The SMILES string of the molecule is O=C(c1ccc(O)cc1)C1CCN(C(=O)COc2ccccc2-c2ccccc2)CC1. The third kappa shape index (κ3) is 4.94. The molecular formula is C26H25NO4. The smallest absolute Gasteiger partial charge is 0.260 e. The van der Waals surface area contributed by atoms with Crippen LogP contribution in [0.3, 0.4) is 0 Å². The van der Waals surface area contributed by atoms with Gasteiger partial charge in [0.05, 0.1) is 0 Å². The van der Waals surface area contributed by atoms with E-state index in [1.807, 2.05) is 54.6 Å². The molecule has 31 heavy (non-hydrogen) atoms. The van der Waals surface area contributed by atoms with E-state index < -0.39 is 0 Å². The zero-order chi connectivity index (χ0) is 21.6. The summed E-state index contributed by atoms with van der Waals surface area (Å²) in [6, 6.07) is 24.0. The Kier molecular flexibility index (Phi) is 6.32. The first-order valence-corrected chi connectivity index (χ1v) is 10.5. The molecule has 1 amide bonds. The van der Waals surface area contributed by atoms with Gasteiger partial charge in [-0.05, 0) is 48.7 Å². The Balaban J connectivity index is 1.32. The molecule has 1 aliphatic rings. The highest BCUT2D eigenvalue weighted by Gasteiger charge is 2.28. The lowest BCUT2D eigenvalue weighted by Gasteiger charge is -2.31. The van der Waals surface area contributed by atoms with Crippen molar-refractivity contribution >= 4 is 11.7 Å². The number of amides is 1. The van der Waals surface area contributed by atoms with Crippen molar-refractivity contribution in [3.63, 3.8) is 0 Å². The Labute approximate surface area is 181 Å². The lowest BCUT2D eigenvalue weighted by molar-refractivity contribution is -0.134. The molecule has 1 N–H and O–H groups in total. The lowest BCUT2D eigenvalue weighted by Crippen LogP contribution is -2.42. The molecule has 0 atom stereocenters. The van der Waals surface area contributed by atoms with E-state index in [1.54, 1.807) is 17.0 Å². The van der Waals surface area contributed by atoms with Gasteiger partial charge in [0.2, 0.25) is 0 Å². The standard InChI is InChI=1S/C26H25NO4/c28-22-12-10-20(11-13-22)26(30)21-14-16-27(17-15-21)25(29)18-31-24-9-5-4-8-23(24)19-6-2-1-3-7-19/h1-13,21,28H,14-18H2. The molecule has 3 aromatic carbocycles. The summed E-state index contributed by atoms with van der Waals surface area (Å²) in [7, 11) is 0. The zero-order valence-electron chi connectivity index (χ0n) is 17.2. The van der Waals surface area contributed by atoms with E-state index in [1.165, 1.54) is 12.1 Å². The molecule has 1 saturated heterocycles. The third-order valence-electron chi connectivity index (χ3n) is 5.69. The number of benzene rings is 3. The molecule has 0 saturated carbocycles. The van der Waals surface area contributed by atoms with E-state index in [0.29, 0.717) is 37.2 Å². The summed E-state index contributed by atoms with van der Waals surface area (Å²) in [4.78, 5) is 27.1. The second kappa shape index (κ2) is 9.47. The maximum atomic E-state index is 12.7. The molecule has 4 rings (SSSR count). The molecule has 0 spiro atoms. The van der Waals surface area contributed by atoms with Gasteiger partial charge in [-0.3, -0.25) is 9.59 Å². The monoisotopic (exact) mass is 415 g/mol. The fourth-order valence-corrected chi connectivity index (χ4v) is 3.93. The first-order valence-electron chi connectivity index (χ1n) is 10.5. The third-order valence-corrected chi connectivity index (χ3v) is 5.69. The number of ketones is 1. The average Bonchev–Trinajstić information content (AvgIpc) is 2.83. The number of hydrogen-bond acceptors (Lipinski definition) is 4. The Morgan fingerprint density at radius 3 is 2.23 bits per heavy atom. The molecule has 1 aliphatic heterocycles. The predicted molar refractivity (Wildman–Crippen MR) is 119 cm³/mol. The summed E-state index contributed by atoms with van der Waals surface area (Å²) in [5.74, 6) is 0.720. The second-order valence-electron chi connectivity index (χ2n) is 7.72. The highest BCUT2D eigenvalue weighted by Crippen LogP contribution is 2.30.